The predicted molar refractivity (Wildman–Crippen MR) is 131 cm³/mol. The molecular formula is C26H30N4O4. The molecular weight excluding hydrogens is 432 g/mol. The highest BCUT2D eigenvalue weighted by Gasteiger charge is 2.17. The molecule has 3 rings (SSSR count). The van der Waals surface area contributed by atoms with Gasteiger partial charge in [0, 0.05) is 29.2 Å². The van der Waals surface area contributed by atoms with Crippen LogP contribution in [-0.2, 0) is 11.3 Å². The normalized spacial score (nSPS) is 10.5. The second-order valence-electron chi connectivity index (χ2n) is 7.83. The minimum Gasteiger partial charge on any atom is -0.497 e. The molecule has 0 saturated heterocycles. The molecule has 0 aliphatic heterocycles. The van der Waals surface area contributed by atoms with Gasteiger partial charge in [-0.05, 0) is 56.2 Å². The molecule has 0 bridgehead atoms. The zero-order chi connectivity index (χ0) is 24.7. The van der Waals surface area contributed by atoms with Gasteiger partial charge in [-0.15, -0.1) is 0 Å². The van der Waals surface area contributed by atoms with E-state index in [-0.39, 0.29) is 11.7 Å². The van der Waals surface area contributed by atoms with E-state index in [0.717, 1.165) is 28.4 Å². The molecule has 0 fully saturated rings. The van der Waals surface area contributed by atoms with Crippen LogP contribution in [-0.4, -0.2) is 36.1 Å². The lowest BCUT2D eigenvalue weighted by Crippen LogP contribution is -2.31. The van der Waals surface area contributed by atoms with Gasteiger partial charge in [0.2, 0.25) is 0 Å². The van der Waals surface area contributed by atoms with Crippen LogP contribution >= 0.6 is 0 Å². The molecule has 3 N–H and O–H groups in total. The van der Waals surface area contributed by atoms with E-state index in [9.17, 15) is 9.59 Å². The third kappa shape index (κ3) is 5.83. The predicted octanol–water partition coefficient (Wildman–Crippen LogP) is 4.49. The Kier molecular flexibility index (Phi) is 8.08. The zero-order valence-electron chi connectivity index (χ0n) is 19.9. The van der Waals surface area contributed by atoms with Crippen LogP contribution in [0.15, 0.2) is 54.6 Å². The van der Waals surface area contributed by atoms with E-state index in [1.54, 1.807) is 19.2 Å². The van der Waals surface area contributed by atoms with Crippen molar-refractivity contribution in [2.45, 2.75) is 33.7 Å². The van der Waals surface area contributed by atoms with Gasteiger partial charge < -0.3 is 19.4 Å². The van der Waals surface area contributed by atoms with E-state index in [4.69, 9.17) is 14.9 Å². The first-order chi connectivity index (χ1) is 16.3. The number of ether oxygens (including phenoxy) is 2. The molecule has 0 unspecified atom stereocenters. The number of nitrogens with one attached hydrogen (secondary N) is 3. The summed E-state index contributed by atoms with van der Waals surface area (Å²) in [6.45, 7) is 6.43. The zero-order valence-corrected chi connectivity index (χ0v) is 19.9. The molecule has 1 heterocycles. The summed E-state index contributed by atoms with van der Waals surface area (Å²) >= 11 is 0. The fraction of sp³-hybridized carbons (Fsp3) is 0.269. The van der Waals surface area contributed by atoms with E-state index >= 15 is 0 Å². The van der Waals surface area contributed by atoms with Crippen LogP contribution in [0, 0.1) is 19.3 Å². The summed E-state index contributed by atoms with van der Waals surface area (Å²) in [5, 5.41) is 13.4. The summed E-state index contributed by atoms with van der Waals surface area (Å²) in [6.07, 6.45) is 0.0716. The molecule has 1 aromatic heterocycles. The first-order valence-electron chi connectivity index (χ1n) is 11.1. The lowest BCUT2D eigenvalue weighted by molar-refractivity contribution is 0.0950. The van der Waals surface area contributed by atoms with Gasteiger partial charge in [-0.1, -0.05) is 31.2 Å². The molecule has 34 heavy (non-hydrogen) atoms. The van der Waals surface area contributed by atoms with E-state index < -0.39 is 6.09 Å². The van der Waals surface area contributed by atoms with Crippen molar-refractivity contribution in [2.75, 3.05) is 13.7 Å². The molecule has 8 nitrogen and oxygen atoms in total. The van der Waals surface area contributed by atoms with Gasteiger partial charge in [-0.3, -0.25) is 15.5 Å². The first-order valence-corrected chi connectivity index (χ1v) is 11.1. The highest BCUT2D eigenvalue weighted by molar-refractivity contribution is 6.04. The van der Waals surface area contributed by atoms with Gasteiger partial charge in [0.15, 0.2) is 0 Å². The maximum atomic E-state index is 12.9. The Labute approximate surface area is 199 Å². The van der Waals surface area contributed by atoms with Crippen LogP contribution in [0.5, 0.6) is 5.75 Å². The Hall–Kier alpha value is -4.07. The molecule has 0 aliphatic carbocycles. The Balaban J connectivity index is 1.62. The quantitative estimate of drug-likeness (QED) is 0.339. The number of alkyl carbamates (subject to hydrolysis) is 1. The van der Waals surface area contributed by atoms with E-state index in [2.05, 4.69) is 10.6 Å². The average Bonchev–Trinajstić information content (AvgIpc) is 3.15. The van der Waals surface area contributed by atoms with E-state index in [1.807, 2.05) is 67.8 Å². The molecule has 0 radical (unpaired) electrons. The van der Waals surface area contributed by atoms with Crippen molar-refractivity contribution < 1.29 is 19.1 Å². The van der Waals surface area contributed by atoms with Gasteiger partial charge in [-0.2, -0.15) is 0 Å². The number of aryl methyl sites for hydroxylation is 1. The van der Waals surface area contributed by atoms with E-state index in [1.165, 1.54) is 0 Å². The maximum absolute atomic E-state index is 12.9. The SMILES string of the molecule is CCCOC(=O)NC(=N)c1ccc(CNC(=O)c2cc(C)n(-c3ccc(OC)cc3)c2C)cc1. The van der Waals surface area contributed by atoms with Crippen molar-refractivity contribution in [3.63, 3.8) is 0 Å². The largest absolute Gasteiger partial charge is 0.497 e. The molecule has 0 atom stereocenters. The van der Waals surface area contributed by atoms with Crippen molar-refractivity contribution in [1.29, 1.82) is 5.41 Å². The van der Waals surface area contributed by atoms with Gasteiger partial charge in [0.1, 0.15) is 11.6 Å². The monoisotopic (exact) mass is 462 g/mol. The van der Waals surface area contributed by atoms with Crippen LogP contribution in [0.4, 0.5) is 4.79 Å². The van der Waals surface area contributed by atoms with Crippen LogP contribution < -0.4 is 15.4 Å². The number of hydrogen-bond acceptors (Lipinski definition) is 5. The number of aromatic nitrogens is 1. The van der Waals surface area contributed by atoms with Crippen LogP contribution in [0.25, 0.3) is 5.69 Å². The molecule has 0 spiro atoms. The molecule has 178 valence electrons. The Morgan fingerprint density at radius 1 is 1.03 bits per heavy atom. The summed E-state index contributed by atoms with van der Waals surface area (Å²) in [7, 11) is 1.63. The number of rotatable bonds is 8. The highest BCUT2D eigenvalue weighted by atomic mass is 16.5. The summed E-state index contributed by atoms with van der Waals surface area (Å²) < 4.78 is 12.2. The highest BCUT2D eigenvalue weighted by Crippen LogP contribution is 2.23. The summed E-state index contributed by atoms with van der Waals surface area (Å²) in [5.74, 6) is 0.574. The smallest absolute Gasteiger partial charge is 0.412 e. The van der Waals surface area contributed by atoms with Crippen molar-refractivity contribution in [2.24, 2.45) is 0 Å². The van der Waals surface area contributed by atoms with E-state index in [0.29, 0.717) is 30.7 Å². The molecule has 2 amide bonds. The fourth-order valence-corrected chi connectivity index (χ4v) is 3.59. The molecule has 3 aromatic rings. The number of benzene rings is 2. The second-order valence-corrected chi connectivity index (χ2v) is 7.83. The molecule has 0 aliphatic rings. The maximum Gasteiger partial charge on any atom is 0.412 e. The van der Waals surface area contributed by atoms with Crippen molar-refractivity contribution in [3.05, 3.63) is 82.7 Å². The standard InChI is InChI=1S/C26H30N4O4/c1-5-14-34-26(32)29-24(27)20-8-6-19(7-9-20)16-28-25(31)23-15-17(2)30(18(23)3)21-10-12-22(33-4)13-11-21/h6-13,15H,5,14,16H2,1-4H3,(H,28,31)(H2,27,29,32). The Morgan fingerprint density at radius 3 is 2.32 bits per heavy atom. The van der Waals surface area contributed by atoms with Crippen molar-refractivity contribution >= 4 is 17.8 Å². The van der Waals surface area contributed by atoms with Gasteiger partial charge in [0.05, 0.1) is 19.3 Å². The third-order valence-corrected chi connectivity index (χ3v) is 5.37. The second kappa shape index (κ2) is 11.2. The average molecular weight is 463 g/mol. The fourth-order valence-electron chi connectivity index (χ4n) is 3.59. The number of carbonyl (C=O) groups is 2. The van der Waals surface area contributed by atoms with Gasteiger partial charge in [-0.25, -0.2) is 4.79 Å². The summed E-state index contributed by atoms with van der Waals surface area (Å²) in [6, 6.07) is 16.6. The van der Waals surface area contributed by atoms with Crippen molar-refractivity contribution in [3.8, 4) is 11.4 Å². The summed E-state index contributed by atoms with van der Waals surface area (Å²) in [5.41, 5.74) is 4.81. The Morgan fingerprint density at radius 2 is 1.71 bits per heavy atom. The lowest BCUT2D eigenvalue weighted by atomic mass is 10.1. The molecule has 0 saturated carbocycles. The van der Waals surface area contributed by atoms with Crippen LogP contribution in [0.3, 0.4) is 0 Å². The number of nitrogens with zero attached hydrogens (tertiary/aromatic N) is 1. The number of carbonyl (C=O) groups excluding carboxylic acids is 2. The van der Waals surface area contributed by atoms with Gasteiger partial charge in [0.25, 0.3) is 5.91 Å². The number of amides is 2. The molecule has 2 aromatic carbocycles. The number of methoxy groups -OCH3 is 1. The topological polar surface area (TPSA) is 105 Å². The van der Waals surface area contributed by atoms with Crippen LogP contribution in [0.1, 0.15) is 46.2 Å². The third-order valence-electron chi connectivity index (χ3n) is 5.37. The Bertz CT molecular complexity index is 1160. The van der Waals surface area contributed by atoms with Crippen molar-refractivity contribution in [1.82, 2.24) is 15.2 Å². The lowest BCUT2D eigenvalue weighted by Gasteiger charge is -2.11. The number of hydrogen-bond donors (Lipinski definition) is 3. The minimum atomic E-state index is -0.643. The minimum absolute atomic E-state index is 0.0392. The first kappa shape index (κ1) is 24.6. The van der Waals surface area contributed by atoms with Gasteiger partial charge >= 0.3 is 6.09 Å². The number of amidine groups is 1. The summed E-state index contributed by atoms with van der Waals surface area (Å²) in [4.78, 5) is 24.5. The molecule has 8 heteroatoms. The van der Waals surface area contributed by atoms with Crippen LogP contribution in [0.2, 0.25) is 0 Å².